The first-order chi connectivity index (χ1) is 11.0. The molecule has 0 aliphatic heterocycles. The molecule has 0 nitrogen and oxygen atoms in total. The highest BCUT2D eigenvalue weighted by atomic mass is 79.9. The molecule has 2 rings (SSSR count). The molecule has 23 heavy (non-hydrogen) atoms. The van der Waals surface area contributed by atoms with Gasteiger partial charge in [0.2, 0.25) is 0 Å². The van der Waals surface area contributed by atoms with Gasteiger partial charge in [-0.1, -0.05) is 43.6 Å². The summed E-state index contributed by atoms with van der Waals surface area (Å²) in [5, 5.41) is 0. The maximum Gasteiger partial charge on any atom is 0.0537 e. The van der Waals surface area contributed by atoms with Gasteiger partial charge >= 0.3 is 0 Å². The molecule has 0 atom stereocenters. The highest BCUT2D eigenvalue weighted by molar-refractivity contribution is 9.12. The van der Waals surface area contributed by atoms with Gasteiger partial charge in [-0.15, -0.1) is 23.5 Å². The molecule has 2 aromatic rings. The lowest BCUT2D eigenvalue weighted by atomic mass is 10.4. The molecule has 0 spiro atoms. The summed E-state index contributed by atoms with van der Waals surface area (Å²) in [7, 11) is 0. The maximum atomic E-state index is 3.69. The summed E-state index contributed by atoms with van der Waals surface area (Å²) in [6.45, 7) is 0. The van der Waals surface area contributed by atoms with Crippen molar-refractivity contribution in [3.63, 3.8) is 0 Å². The van der Waals surface area contributed by atoms with E-state index in [1.54, 1.807) is 35.3 Å². The average Bonchev–Trinajstić information content (AvgIpc) is 2.45. The molecule has 0 aromatic heterocycles. The first kappa shape index (κ1) is 21.7. The van der Waals surface area contributed by atoms with Crippen molar-refractivity contribution < 1.29 is 0 Å². The Morgan fingerprint density at radius 3 is 1.17 bits per heavy atom. The Balaban J connectivity index is 2.36. The summed E-state index contributed by atoms with van der Waals surface area (Å²) in [5.41, 5.74) is 0. The van der Waals surface area contributed by atoms with E-state index in [-0.39, 0.29) is 0 Å². The van der Waals surface area contributed by atoms with E-state index < -0.39 is 0 Å². The van der Waals surface area contributed by atoms with Crippen molar-refractivity contribution in [1.29, 1.82) is 0 Å². The van der Waals surface area contributed by atoms with E-state index in [1.165, 1.54) is 9.79 Å². The molecule has 0 bridgehead atoms. The monoisotopic (exact) mass is 745 g/mol. The minimum absolute atomic E-state index is 0.877. The van der Waals surface area contributed by atoms with Gasteiger partial charge in [0.1, 0.15) is 0 Å². The fourth-order valence-corrected chi connectivity index (χ4v) is 9.09. The summed E-state index contributed by atoms with van der Waals surface area (Å²) in [4.78, 5) is 4.75. The van der Waals surface area contributed by atoms with Crippen LogP contribution in [0.25, 0.3) is 0 Å². The van der Waals surface area contributed by atoms with Crippen LogP contribution in [-0.2, 0) is 0 Å². The van der Waals surface area contributed by atoms with Crippen LogP contribution in [0.4, 0.5) is 0 Å². The van der Waals surface area contributed by atoms with Crippen molar-refractivity contribution in [3.05, 3.63) is 42.2 Å². The smallest absolute Gasteiger partial charge is 0.0537 e. The van der Waals surface area contributed by atoms with E-state index in [9.17, 15) is 0 Å². The second-order valence-electron chi connectivity index (χ2n) is 4.04. The third-order valence-corrected chi connectivity index (χ3v) is 10.2. The van der Waals surface area contributed by atoms with Gasteiger partial charge in [-0.3, -0.25) is 0 Å². The van der Waals surface area contributed by atoms with Crippen LogP contribution in [0.15, 0.2) is 61.7 Å². The lowest BCUT2D eigenvalue weighted by Gasteiger charge is -2.13. The summed E-state index contributed by atoms with van der Waals surface area (Å²) in [6, 6.07) is 8.59. The number of rotatable bonds is 6. The van der Waals surface area contributed by atoms with Gasteiger partial charge in [0.15, 0.2) is 0 Å². The fourth-order valence-electron chi connectivity index (χ4n) is 1.66. The second-order valence-corrected chi connectivity index (χ2v) is 13.2. The van der Waals surface area contributed by atoms with Crippen molar-refractivity contribution in [2.45, 2.75) is 19.6 Å². The predicted molar refractivity (Wildman–Crippen MR) is 127 cm³/mol. The van der Waals surface area contributed by atoms with Crippen LogP contribution >= 0.6 is 131 Å². The number of alkyl halides is 2. The molecule has 0 radical (unpaired) electrons. The molecule has 124 valence electrons. The molecule has 0 aliphatic rings. The Labute approximate surface area is 199 Å². The van der Waals surface area contributed by atoms with Crippen LogP contribution in [0.3, 0.4) is 0 Å². The molecule has 9 heteroatoms. The second kappa shape index (κ2) is 10.6. The molecule has 0 unspecified atom stereocenters. The zero-order valence-electron chi connectivity index (χ0n) is 11.2. The molecule has 0 N–H and O–H groups in total. The molecule has 0 fully saturated rings. The van der Waals surface area contributed by atoms with Crippen molar-refractivity contribution in [3.8, 4) is 0 Å². The van der Waals surface area contributed by atoms with Crippen molar-refractivity contribution in [2.24, 2.45) is 0 Å². The summed E-state index contributed by atoms with van der Waals surface area (Å²) in [6.07, 6.45) is 0. The largest absolute Gasteiger partial charge is 0.114 e. The summed E-state index contributed by atoms with van der Waals surface area (Å²) >= 11 is 26.9. The van der Waals surface area contributed by atoms with Crippen LogP contribution < -0.4 is 0 Å². The van der Waals surface area contributed by atoms with Crippen LogP contribution in [0, 0.1) is 0 Å². The van der Waals surface area contributed by atoms with Gasteiger partial charge in [0.05, 0.1) is 9.32 Å². The van der Waals surface area contributed by atoms with Crippen LogP contribution in [-0.4, -0.2) is 9.32 Å². The Morgan fingerprint density at radius 1 is 0.609 bits per heavy atom. The first-order valence-corrected chi connectivity index (χ1v) is 14.2. The van der Waals surface area contributed by atoms with Gasteiger partial charge in [0, 0.05) is 37.5 Å². The molecule has 0 aliphatic carbocycles. The van der Waals surface area contributed by atoms with E-state index >= 15 is 0 Å². The van der Waals surface area contributed by atoms with Gasteiger partial charge in [-0.25, -0.2) is 0 Å². The predicted octanol–water partition coefficient (Wildman–Crippen LogP) is 9.78. The third-order valence-electron chi connectivity index (χ3n) is 2.59. The lowest BCUT2D eigenvalue weighted by molar-refractivity contribution is 1.24. The average molecular weight is 752 g/mol. The topological polar surface area (TPSA) is 0 Å². The summed E-state index contributed by atoms with van der Waals surface area (Å²) < 4.78 is 6.08. The van der Waals surface area contributed by atoms with Gasteiger partial charge in [-0.2, -0.15) is 0 Å². The zero-order valence-corrected chi connectivity index (χ0v) is 23.2. The minimum Gasteiger partial charge on any atom is -0.114 e. The third kappa shape index (κ3) is 6.19. The quantitative estimate of drug-likeness (QED) is 0.213. The molecular weight excluding hydrogens is 744 g/mol. The molecule has 0 amide bonds. The number of hydrogen-bond donors (Lipinski definition) is 0. The Hall–Kier alpha value is 2.37. The van der Waals surface area contributed by atoms with E-state index in [0.717, 1.165) is 37.0 Å². The van der Waals surface area contributed by atoms with Crippen LogP contribution in [0.5, 0.6) is 0 Å². The number of hydrogen-bond acceptors (Lipinski definition) is 3. The van der Waals surface area contributed by atoms with Gasteiger partial charge < -0.3 is 0 Å². The zero-order chi connectivity index (χ0) is 17.0. The maximum absolute atomic E-state index is 3.69. The molecule has 0 saturated heterocycles. The standard InChI is InChI=1S/C14H8Br6S3/c15-5-21-7-1-9(17)13(10(18)2-7)23-14-11(19)3-8(22-6-16)4-12(14)20/h1-4H,5-6H2. The van der Waals surface area contributed by atoms with E-state index in [1.807, 2.05) is 0 Å². The minimum atomic E-state index is 0.877. The van der Waals surface area contributed by atoms with E-state index in [4.69, 9.17) is 0 Å². The molecule has 0 saturated carbocycles. The normalized spacial score (nSPS) is 11.0. The molecular formula is C14H8Br6S3. The van der Waals surface area contributed by atoms with E-state index in [2.05, 4.69) is 120 Å². The number of halogens is 6. The number of benzene rings is 2. The van der Waals surface area contributed by atoms with Gasteiger partial charge in [-0.05, 0) is 88.0 Å². The van der Waals surface area contributed by atoms with Gasteiger partial charge in [0.25, 0.3) is 0 Å². The Morgan fingerprint density at radius 2 is 0.913 bits per heavy atom. The van der Waals surface area contributed by atoms with Crippen LogP contribution in [0.2, 0.25) is 0 Å². The van der Waals surface area contributed by atoms with Crippen LogP contribution in [0.1, 0.15) is 0 Å². The van der Waals surface area contributed by atoms with Crippen molar-refractivity contribution in [2.75, 3.05) is 9.32 Å². The summed E-state index contributed by atoms with van der Waals surface area (Å²) in [5.74, 6) is 0. The molecule has 0 heterocycles. The Bertz CT molecular complexity index is 601. The Kier molecular flexibility index (Phi) is 10.0. The molecule has 2 aromatic carbocycles. The first-order valence-electron chi connectivity index (χ1n) is 5.99. The van der Waals surface area contributed by atoms with E-state index in [0.29, 0.717) is 0 Å². The highest BCUT2D eigenvalue weighted by Crippen LogP contribution is 2.47. The lowest BCUT2D eigenvalue weighted by Crippen LogP contribution is -1.85. The fraction of sp³-hybridized carbons (Fsp3) is 0.143. The van der Waals surface area contributed by atoms with Crippen molar-refractivity contribution >= 4 is 131 Å². The van der Waals surface area contributed by atoms with Crippen molar-refractivity contribution in [1.82, 2.24) is 0 Å². The number of thioether (sulfide) groups is 2. The highest BCUT2D eigenvalue weighted by Gasteiger charge is 2.15. The SMILES string of the molecule is BrCSc1cc(Br)c(Sc2c(Br)cc(SCBr)cc2Br)c(Br)c1.